The van der Waals surface area contributed by atoms with Crippen LogP contribution in [-0.2, 0) is 16.6 Å². The fraction of sp³-hybridized carbons (Fsp3) is 0.156. The topological polar surface area (TPSA) is 101 Å². The molecule has 1 aliphatic rings. The number of benzene rings is 3. The number of pyridine rings is 1. The molecule has 6 aromatic rings. The highest BCUT2D eigenvalue weighted by molar-refractivity contribution is 7.89. The molecule has 3 aromatic carbocycles. The number of rotatable bonds is 7. The Kier molecular flexibility index (Phi) is 7.02. The van der Waals surface area contributed by atoms with Crippen molar-refractivity contribution >= 4 is 42.8 Å². The molecule has 3 aromatic heterocycles. The van der Waals surface area contributed by atoms with Crippen molar-refractivity contribution in [1.82, 2.24) is 18.6 Å². The van der Waals surface area contributed by atoms with Gasteiger partial charge in [-0.1, -0.05) is 48.5 Å². The summed E-state index contributed by atoms with van der Waals surface area (Å²) >= 11 is 1.77. The Bertz CT molecular complexity index is 2030. The number of thiophene rings is 1. The summed E-state index contributed by atoms with van der Waals surface area (Å²) < 4.78 is 31.4. The molecule has 11 heteroatoms. The predicted molar refractivity (Wildman–Crippen MR) is 169 cm³/mol. The van der Waals surface area contributed by atoms with Crippen molar-refractivity contribution in [2.75, 3.05) is 26.2 Å². The first-order chi connectivity index (χ1) is 20.9. The number of nitro benzene ring substituents is 1. The van der Waals surface area contributed by atoms with Crippen molar-refractivity contribution in [3.05, 3.63) is 119 Å². The Morgan fingerprint density at radius 1 is 0.837 bits per heavy atom. The standard InChI is InChI=1S/C32H27N5O4S2/c38-37(39)26-11-13-27(14-12-26)43(40,41)35-18-16-34(17-19-35)22-28-32(23-6-2-1-3-7-23)33-31-15-10-25(21-36(28)31)30-20-24-8-4-5-9-29(24)42-30/h1-15,20-21H,16-19,22H2. The third kappa shape index (κ3) is 5.21. The molecule has 43 heavy (non-hydrogen) atoms. The Morgan fingerprint density at radius 2 is 1.56 bits per heavy atom. The van der Waals surface area contributed by atoms with Gasteiger partial charge >= 0.3 is 0 Å². The minimum Gasteiger partial charge on any atom is -0.301 e. The van der Waals surface area contributed by atoms with Crippen molar-refractivity contribution < 1.29 is 13.3 Å². The summed E-state index contributed by atoms with van der Waals surface area (Å²) in [4.78, 5) is 19.0. The summed E-state index contributed by atoms with van der Waals surface area (Å²) in [6, 6.07) is 30.0. The van der Waals surface area contributed by atoms with Gasteiger partial charge in [-0.2, -0.15) is 4.31 Å². The molecule has 0 atom stereocenters. The lowest BCUT2D eigenvalue weighted by molar-refractivity contribution is -0.384. The Labute approximate surface area is 252 Å². The quantitative estimate of drug-likeness (QED) is 0.156. The number of non-ortho nitro benzene ring substituents is 1. The molecule has 9 nitrogen and oxygen atoms in total. The van der Waals surface area contributed by atoms with Crippen LogP contribution < -0.4 is 0 Å². The molecule has 1 fully saturated rings. The van der Waals surface area contributed by atoms with Crippen molar-refractivity contribution in [3.63, 3.8) is 0 Å². The van der Waals surface area contributed by atoms with Gasteiger partial charge in [0.25, 0.3) is 5.69 Å². The highest BCUT2D eigenvalue weighted by Gasteiger charge is 2.30. The molecular weight excluding hydrogens is 583 g/mol. The van der Waals surface area contributed by atoms with Crippen LogP contribution in [0, 0.1) is 10.1 Å². The maximum Gasteiger partial charge on any atom is 0.269 e. The van der Waals surface area contributed by atoms with Gasteiger partial charge in [-0.15, -0.1) is 11.3 Å². The van der Waals surface area contributed by atoms with Gasteiger partial charge in [0, 0.05) is 71.8 Å². The highest BCUT2D eigenvalue weighted by Crippen LogP contribution is 2.35. The number of fused-ring (bicyclic) bond motifs is 2. The van der Waals surface area contributed by atoms with E-state index in [0.29, 0.717) is 32.7 Å². The summed E-state index contributed by atoms with van der Waals surface area (Å²) in [5.74, 6) is 0. The molecule has 0 N–H and O–H groups in total. The zero-order chi connectivity index (χ0) is 29.6. The molecule has 1 aliphatic heterocycles. The number of hydrogen-bond donors (Lipinski definition) is 0. The fourth-order valence-electron chi connectivity index (χ4n) is 5.57. The molecule has 7 rings (SSSR count). The number of aromatic nitrogens is 2. The van der Waals surface area contributed by atoms with E-state index in [2.05, 4.69) is 70.1 Å². The molecular formula is C32H27N5O4S2. The monoisotopic (exact) mass is 609 g/mol. The first-order valence-corrected chi connectivity index (χ1v) is 16.1. The minimum atomic E-state index is -3.76. The molecule has 0 saturated carbocycles. The van der Waals surface area contributed by atoms with Crippen molar-refractivity contribution in [2.45, 2.75) is 11.4 Å². The molecule has 4 heterocycles. The summed E-state index contributed by atoms with van der Waals surface area (Å²) in [5.41, 5.74) is 4.83. The zero-order valence-corrected chi connectivity index (χ0v) is 24.7. The lowest BCUT2D eigenvalue weighted by Crippen LogP contribution is -2.48. The highest BCUT2D eigenvalue weighted by atomic mass is 32.2. The molecule has 0 unspecified atom stereocenters. The van der Waals surface area contributed by atoms with Gasteiger partial charge < -0.3 is 4.40 Å². The summed E-state index contributed by atoms with van der Waals surface area (Å²) in [7, 11) is -3.76. The van der Waals surface area contributed by atoms with E-state index in [1.54, 1.807) is 11.3 Å². The van der Waals surface area contributed by atoms with Crippen LogP contribution in [0.15, 0.2) is 108 Å². The van der Waals surface area contributed by atoms with Gasteiger partial charge in [0.15, 0.2) is 0 Å². The van der Waals surface area contributed by atoms with E-state index in [1.165, 1.54) is 43.5 Å². The second-order valence-electron chi connectivity index (χ2n) is 10.5. The molecule has 0 radical (unpaired) electrons. The van der Waals surface area contributed by atoms with Gasteiger partial charge in [-0.3, -0.25) is 15.0 Å². The average molecular weight is 610 g/mol. The molecule has 1 saturated heterocycles. The Morgan fingerprint density at radius 3 is 2.28 bits per heavy atom. The van der Waals surface area contributed by atoms with Crippen LogP contribution in [0.5, 0.6) is 0 Å². The van der Waals surface area contributed by atoms with E-state index in [-0.39, 0.29) is 10.6 Å². The van der Waals surface area contributed by atoms with E-state index in [4.69, 9.17) is 4.98 Å². The van der Waals surface area contributed by atoms with Crippen LogP contribution in [0.1, 0.15) is 5.69 Å². The smallest absolute Gasteiger partial charge is 0.269 e. The summed E-state index contributed by atoms with van der Waals surface area (Å²) in [5, 5.41) is 12.2. The van der Waals surface area contributed by atoms with Gasteiger partial charge in [0.1, 0.15) is 5.65 Å². The van der Waals surface area contributed by atoms with Gasteiger partial charge in [-0.05, 0) is 41.8 Å². The van der Waals surface area contributed by atoms with E-state index < -0.39 is 14.9 Å². The van der Waals surface area contributed by atoms with Crippen LogP contribution in [0.2, 0.25) is 0 Å². The van der Waals surface area contributed by atoms with Gasteiger partial charge in [-0.25, -0.2) is 13.4 Å². The van der Waals surface area contributed by atoms with Crippen LogP contribution in [0.4, 0.5) is 5.69 Å². The molecule has 0 spiro atoms. The molecule has 0 bridgehead atoms. The molecule has 216 valence electrons. The number of sulfonamides is 1. The second kappa shape index (κ2) is 11.0. The van der Waals surface area contributed by atoms with E-state index in [9.17, 15) is 18.5 Å². The largest absolute Gasteiger partial charge is 0.301 e. The third-order valence-corrected chi connectivity index (χ3v) is 10.9. The molecule has 0 aliphatic carbocycles. The van der Waals surface area contributed by atoms with Crippen molar-refractivity contribution in [3.8, 4) is 21.7 Å². The minimum absolute atomic E-state index is 0.0634. The fourth-order valence-corrected chi connectivity index (χ4v) is 8.05. The maximum atomic E-state index is 13.3. The zero-order valence-electron chi connectivity index (χ0n) is 23.0. The number of nitrogens with zero attached hydrogens (tertiary/aromatic N) is 5. The Hall–Kier alpha value is -4.42. The summed E-state index contributed by atoms with van der Waals surface area (Å²) in [6.07, 6.45) is 2.16. The lowest BCUT2D eigenvalue weighted by Gasteiger charge is -2.34. The van der Waals surface area contributed by atoms with Gasteiger partial charge in [0.2, 0.25) is 10.0 Å². The van der Waals surface area contributed by atoms with Crippen molar-refractivity contribution in [1.29, 1.82) is 0 Å². The lowest BCUT2D eigenvalue weighted by atomic mass is 10.1. The first-order valence-electron chi connectivity index (χ1n) is 13.9. The summed E-state index contributed by atoms with van der Waals surface area (Å²) in [6.45, 7) is 2.34. The van der Waals surface area contributed by atoms with E-state index in [1.807, 2.05) is 18.2 Å². The van der Waals surface area contributed by atoms with Gasteiger partial charge in [0.05, 0.1) is 21.2 Å². The maximum absolute atomic E-state index is 13.3. The van der Waals surface area contributed by atoms with Crippen LogP contribution in [0.25, 0.3) is 37.4 Å². The van der Waals surface area contributed by atoms with Crippen LogP contribution in [0.3, 0.4) is 0 Å². The van der Waals surface area contributed by atoms with Crippen LogP contribution in [-0.4, -0.2) is 58.1 Å². The third-order valence-electron chi connectivity index (χ3n) is 7.86. The molecule has 0 amide bonds. The normalized spacial score (nSPS) is 14.9. The SMILES string of the molecule is O=[N+]([O-])c1ccc(S(=O)(=O)N2CCN(Cc3c(-c4ccccc4)nc4ccc(-c5cc6ccccc6s5)cn34)CC2)cc1. The number of imidazole rings is 1. The van der Waals surface area contributed by atoms with E-state index in [0.717, 1.165) is 28.2 Å². The average Bonchev–Trinajstić information content (AvgIpc) is 3.63. The number of piperazine rings is 1. The Balaban J connectivity index is 1.18. The number of hydrogen-bond acceptors (Lipinski definition) is 7. The first kappa shape index (κ1) is 27.4. The van der Waals surface area contributed by atoms with Crippen molar-refractivity contribution in [2.24, 2.45) is 0 Å². The van der Waals surface area contributed by atoms with Crippen LogP contribution >= 0.6 is 11.3 Å². The number of nitro groups is 1. The van der Waals surface area contributed by atoms with E-state index >= 15 is 0 Å². The second-order valence-corrected chi connectivity index (χ2v) is 13.5. The predicted octanol–water partition coefficient (Wildman–Crippen LogP) is 6.30.